The summed E-state index contributed by atoms with van der Waals surface area (Å²) in [6, 6.07) is 7.10. The van der Waals surface area contributed by atoms with Gasteiger partial charge in [0.15, 0.2) is 0 Å². The van der Waals surface area contributed by atoms with Gasteiger partial charge in [-0.15, -0.1) is 0 Å². The number of thiol groups is 1. The number of carbonyl (C=O) groups is 2. The van der Waals surface area contributed by atoms with Gasteiger partial charge in [-0.3, -0.25) is 14.9 Å². The lowest BCUT2D eigenvalue weighted by atomic mass is 10.1. The van der Waals surface area contributed by atoms with Crippen LogP contribution in [0, 0.1) is 0 Å². The predicted molar refractivity (Wildman–Crippen MR) is 113 cm³/mol. The van der Waals surface area contributed by atoms with Gasteiger partial charge < -0.3 is 10.4 Å². The fourth-order valence-corrected chi connectivity index (χ4v) is 5.10. The molecule has 1 aromatic carbocycles. The Morgan fingerprint density at radius 2 is 2.10 bits per heavy atom. The van der Waals surface area contributed by atoms with E-state index in [1.807, 2.05) is 24.5 Å². The highest BCUT2D eigenvalue weighted by molar-refractivity contribution is 8.23. The lowest BCUT2D eigenvalue weighted by Crippen LogP contribution is -2.28. The number of rotatable bonds is 6. The van der Waals surface area contributed by atoms with Gasteiger partial charge in [0.25, 0.3) is 5.91 Å². The van der Waals surface area contributed by atoms with Crippen molar-refractivity contribution < 1.29 is 14.7 Å². The Balaban J connectivity index is 1.56. The van der Waals surface area contributed by atoms with E-state index < -0.39 is 16.9 Å². The summed E-state index contributed by atoms with van der Waals surface area (Å²) in [5.74, 6) is -1.09. The van der Waals surface area contributed by atoms with Crippen LogP contribution in [0.25, 0.3) is 10.9 Å². The quantitative estimate of drug-likeness (QED) is 0.465. The summed E-state index contributed by atoms with van der Waals surface area (Å²) >= 11 is 0. The Morgan fingerprint density at radius 3 is 2.90 bits per heavy atom. The van der Waals surface area contributed by atoms with E-state index in [1.165, 1.54) is 0 Å². The van der Waals surface area contributed by atoms with E-state index >= 15 is 0 Å². The molecule has 8 heteroatoms. The van der Waals surface area contributed by atoms with Gasteiger partial charge in [0.1, 0.15) is 0 Å². The average molecular weight is 408 g/mol. The molecule has 29 heavy (non-hydrogen) atoms. The molecule has 0 saturated heterocycles. The minimum absolute atomic E-state index is 0.178. The molecule has 2 aromatic heterocycles. The van der Waals surface area contributed by atoms with Crippen LogP contribution in [0.1, 0.15) is 35.3 Å². The minimum Gasteiger partial charge on any atom is -0.477 e. The fourth-order valence-electron chi connectivity index (χ4n) is 3.29. The fraction of sp³-hybridized carbons (Fsp3) is 0.143. The molecule has 2 unspecified atom stereocenters. The first kappa shape index (κ1) is 18.9. The van der Waals surface area contributed by atoms with Gasteiger partial charge in [-0.05, 0) is 47.7 Å². The molecule has 1 aliphatic heterocycles. The van der Waals surface area contributed by atoms with Gasteiger partial charge in [0.2, 0.25) is 0 Å². The summed E-state index contributed by atoms with van der Waals surface area (Å²) in [6.45, 7) is 1.99. The molecule has 0 fully saturated rings. The van der Waals surface area contributed by atoms with E-state index in [0.717, 1.165) is 21.4 Å². The van der Waals surface area contributed by atoms with E-state index in [2.05, 4.69) is 20.5 Å². The molecule has 3 N–H and O–H groups in total. The van der Waals surface area contributed by atoms with Gasteiger partial charge in [0, 0.05) is 28.2 Å². The number of allylic oxidation sites excluding steroid dienone is 2. The number of hydrogen-bond acceptors (Lipinski definition) is 4. The van der Waals surface area contributed by atoms with Crippen LogP contribution in [-0.4, -0.2) is 32.2 Å². The predicted octanol–water partition coefficient (Wildman–Crippen LogP) is 3.69. The van der Waals surface area contributed by atoms with E-state index in [1.54, 1.807) is 42.9 Å². The SMILES string of the molecule is CCC(NC(=O)c1ccc2[nH]ncc2c1)c1cncc([SH]2C=CC=C2C(=O)O)c1. The molecule has 0 spiro atoms. The number of benzene rings is 1. The zero-order chi connectivity index (χ0) is 20.4. The van der Waals surface area contributed by atoms with Crippen molar-refractivity contribution in [2.45, 2.75) is 24.3 Å². The van der Waals surface area contributed by atoms with Crippen LogP contribution in [0.5, 0.6) is 0 Å². The minimum atomic E-state index is -1.07. The molecule has 0 aliphatic carbocycles. The van der Waals surface area contributed by atoms with Crippen molar-refractivity contribution in [3.8, 4) is 0 Å². The van der Waals surface area contributed by atoms with Crippen LogP contribution in [-0.2, 0) is 4.79 Å². The molecule has 4 rings (SSSR count). The van der Waals surface area contributed by atoms with Crippen molar-refractivity contribution in [2.75, 3.05) is 0 Å². The topological polar surface area (TPSA) is 108 Å². The van der Waals surface area contributed by atoms with Crippen molar-refractivity contribution in [1.82, 2.24) is 20.5 Å². The summed E-state index contributed by atoms with van der Waals surface area (Å²) in [5.41, 5.74) is 2.29. The number of fused-ring (bicyclic) bond motifs is 1. The first-order valence-electron chi connectivity index (χ1n) is 9.16. The summed E-state index contributed by atoms with van der Waals surface area (Å²) in [6.07, 6.45) is 9.18. The van der Waals surface area contributed by atoms with E-state index in [0.29, 0.717) is 16.9 Å². The van der Waals surface area contributed by atoms with Gasteiger partial charge in [-0.1, -0.05) is 13.0 Å². The van der Waals surface area contributed by atoms with Crippen LogP contribution >= 0.6 is 10.9 Å². The summed E-state index contributed by atoms with van der Waals surface area (Å²) in [7, 11) is -1.07. The number of nitrogens with zero attached hydrogens (tertiary/aromatic N) is 2. The van der Waals surface area contributed by atoms with Gasteiger partial charge >= 0.3 is 5.97 Å². The molecule has 1 amide bonds. The van der Waals surface area contributed by atoms with Crippen molar-refractivity contribution >= 4 is 33.7 Å². The maximum Gasteiger partial charge on any atom is 0.341 e. The Bertz CT molecular complexity index is 1150. The smallest absolute Gasteiger partial charge is 0.341 e. The van der Waals surface area contributed by atoms with E-state index in [-0.39, 0.29) is 11.9 Å². The normalized spacial score (nSPS) is 17.8. The van der Waals surface area contributed by atoms with Crippen LogP contribution in [0.3, 0.4) is 0 Å². The van der Waals surface area contributed by atoms with Crippen molar-refractivity contribution in [2.24, 2.45) is 0 Å². The summed E-state index contributed by atoms with van der Waals surface area (Å²) in [5, 5.41) is 22.1. The highest BCUT2D eigenvalue weighted by Crippen LogP contribution is 2.48. The third-order valence-electron chi connectivity index (χ3n) is 4.81. The second kappa shape index (κ2) is 7.92. The molecule has 3 aromatic rings. The maximum absolute atomic E-state index is 12.8. The number of amides is 1. The average Bonchev–Trinajstić information content (AvgIpc) is 3.40. The van der Waals surface area contributed by atoms with Crippen molar-refractivity contribution in [3.05, 3.63) is 76.4 Å². The number of aliphatic carboxylic acids is 1. The Labute approximate surface area is 169 Å². The number of H-pyrrole nitrogens is 1. The lowest BCUT2D eigenvalue weighted by Gasteiger charge is -2.20. The molecule has 0 radical (unpaired) electrons. The molecule has 3 heterocycles. The van der Waals surface area contributed by atoms with E-state index in [4.69, 9.17) is 0 Å². The van der Waals surface area contributed by atoms with Crippen LogP contribution in [0.15, 0.2) is 70.2 Å². The van der Waals surface area contributed by atoms with E-state index in [9.17, 15) is 14.7 Å². The summed E-state index contributed by atoms with van der Waals surface area (Å²) in [4.78, 5) is 29.8. The molecule has 2 atom stereocenters. The Kier molecular flexibility index (Phi) is 5.18. The largest absolute Gasteiger partial charge is 0.477 e. The Hall–Kier alpha value is -3.39. The first-order valence-corrected chi connectivity index (χ1v) is 10.6. The number of pyridine rings is 1. The number of aromatic amines is 1. The number of hydrogen-bond donors (Lipinski definition) is 4. The van der Waals surface area contributed by atoms with Crippen LogP contribution in [0.4, 0.5) is 0 Å². The molecular formula is C21H20N4O3S. The molecule has 0 bridgehead atoms. The van der Waals surface area contributed by atoms with Crippen LogP contribution in [0.2, 0.25) is 0 Å². The highest BCUT2D eigenvalue weighted by atomic mass is 32.2. The molecule has 1 aliphatic rings. The number of carboxylic acids is 1. The van der Waals surface area contributed by atoms with Crippen LogP contribution < -0.4 is 5.32 Å². The maximum atomic E-state index is 12.8. The number of aromatic nitrogens is 3. The number of carbonyl (C=O) groups excluding carboxylic acids is 1. The number of carboxylic acid groups (broad SMARTS) is 1. The van der Waals surface area contributed by atoms with Crippen molar-refractivity contribution in [1.29, 1.82) is 0 Å². The van der Waals surface area contributed by atoms with Gasteiger partial charge in [-0.2, -0.15) is 16.0 Å². The highest BCUT2D eigenvalue weighted by Gasteiger charge is 2.21. The first-order chi connectivity index (χ1) is 14.1. The summed E-state index contributed by atoms with van der Waals surface area (Å²) < 4.78 is 0. The standard InChI is InChI=1S/C21H20N4O3S/c1-2-17(24-20(26)13-5-6-18-14(8-13)11-23-25-18)15-9-16(12-22-10-15)29-7-3-4-19(29)21(27)28/h3-12,17,29H,2H2,1H3,(H,23,25)(H,24,26)(H,27,28). The van der Waals surface area contributed by atoms with Gasteiger partial charge in [0.05, 0.1) is 22.7 Å². The van der Waals surface area contributed by atoms with Gasteiger partial charge in [-0.25, -0.2) is 4.79 Å². The molecule has 0 saturated carbocycles. The monoisotopic (exact) mass is 408 g/mol. The molecule has 148 valence electrons. The molecular weight excluding hydrogens is 388 g/mol. The molecule has 7 nitrogen and oxygen atoms in total. The zero-order valence-corrected chi connectivity index (χ0v) is 16.6. The van der Waals surface area contributed by atoms with Crippen molar-refractivity contribution in [3.63, 3.8) is 0 Å². The Morgan fingerprint density at radius 1 is 1.24 bits per heavy atom. The third kappa shape index (κ3) is 3.79. The lowest BCUT2D eigenvalue weighted by molar-refractivity contribution is -0.131. The second-order valence-electron chi connectivity index (χ2n) is 6.65. The second-order valence-corrected chi connectivity index (χ2v) is 8.69. The number of nitrogens with one attached hydrogen (secondary N) is 2. The third-order valence-corrected chi connectivity index (χ3v) is 6.94. The zero-order valence-electron chi connectivity index (χ0n) is 15.7.